The van der Waals surface area contributed by atoms with Crippen molar-refractivity contribution in [1.29, 1.82) is 0 Å². The van der Waals surface area contributed by atoms with E-state index in [1.807, 2.05) is 23.9 Å². The van der Waals surface area contributed by atoms with E-state index >= 15 is 0 Å². The summed E-state index contributed by atoms with van der Waals surface area (Å²) in [5, 5.41) is 2.19. The first-order valence-corrected chi connectivity index (χ1v) is 17.4. The summed E-state index contributed by atoms with van der Waals surface area (Å²) in [4.78, 5) is 19.5. The number of hydrogen-bond donors (Lipinski definition) is 1. The van der Waals surface area contributed by atoms with Crippen molar-refractivity contribution in [3.8, 4) is 5.75 Å². The van der Waals surface area contributed by atoms with E-state index in [0.29, 0.717) is 34.6 Å². The maximum atomic E-state index is 13.5. The van der Waals surface area contributed by atoms with Crippen LogP contribution in [0.4, 0.5) is 5.69 Å². The number of nitrogens with one attached hydrogen (secondary N) is 1. The molecular formula is C26H33N5O5S4. The second kappa shape index (κ2) is 13.8. The molecule has 0 amide bonds. The van der Waals surface area contributed by atoms with E-state index in [1.54, 1.807) is 30.0 Å². The minimum atomic E-state index is -3.90. The third-order valence-corrected chi connectivity index (χ3v) is 11.1. The third kappa shape index (κ3) is 7.09. The van der Waals surface area contributed by atoms with E-state index in [0.717, 1.165) is 48.7 Å². The van der Waals surface area contributed by atoms with Gasteiger partial charge in [0.2, 0.25) is 0 Å². The Morgan fingerprint density at radius 3 is 2.85 bits per heavy atom. The highest BCUT2D eigenvalue weighted by Crippen LogP contribution is 2.36. The number of ether oxygens (including phenoxy) is 1. The number of aromatic nitrogens is 2. The number of aliphatic imine (C=N–C) groups is 1. The van der Waals surface area contributed by atoms with Gasteiger partial charge < -0.3 is 14.6 Å². The highest BCUT2D eigenvalue weighted by molar-refractivity contribution is 8.15. The molecule has 4 heterocycles. The molecule has 40 heavy (non-hydrogen) atoms. The molecule has 1 aromatic carbocycles. The van der Waals surface area contributed by atoms with E-state index in [1.165, 1.54) is 54.3 Å². The van der Waals surface area contributed by atoms with Crippen molar-refractivity contribution >= 4 is 67.2 Å². The molecule has 0 aliphatic carbocycles. The van der Waals surface area contributed by atoms with Crippen LogP contribution in [0.15, 0.2) is 52.6 Å². The van der Waals surface area contributed by atoms with Gasteiger partial charge in [-0.25, -0.2) is 9.87 Å². The number of nitrogens with zero attached hydrogens (tertiary/aromatic N) is 4. The van der Waals surface area contributed by atoms with Gasteiger partial charge in [0.05, 0.1) is 37.2 Å². The summed E-state index contributed by atoms with van der Waals surface area (Å²) in [6, 6.07) is 10.6. The number of anilines is 1. The lowest BCUT2D eigenvalue weighted by atomic mass is 10.2. The first-order chi connectivity index (χ1) is 19.5. The normalized spacial score (nSPS) is 18.2. The van der Waals surface area contributed by atoms with Gasteiger partial charge in [-0.15, -0.1) is 0 Å². The predicted molar refractivity (Wildman–Crippen MR) is 165 cm³/mol. The highest BCUT2D eigenvalue weighted by Gasteiger charge is 2.28. The van der Waals surface area contributed by atoms with Gasteiger partial charge in [0.25, 0.3) is 10.0 Å². The molecule has 0 spiro atoms. The van der Waals surface area contributed by atoms with E-state index in [9.17, 15) is 8.42 Å². The summed E-state index contributed by atoms with van der Waals surface area (Å²) in [7, 11) is -0.899. The van der Waals surface area contributed by atoms with Crippen molar-refractivity contribution in [1.82, 2.24) is 14.9 Å². The molecule has 2 aromatic heterocycles. The SMILES string of the molecule is COOSCCCOc1cc(N(C)S(=O)(=O)c2ccccn2)c2[nH]c(C3=NCC(CN4CCSCC4)S3)cc2c1. The Morgan fingerprint density at radius 2 is 2.08 bits per heavy atom. The first kappa shape index (κ1) is 29.5. The quantitative estimate of drug-likeness (QED) is 0.128. The van der Waals surface area contributed by atoms with E-state index in [2.05, 4.69) is 19.8 Å². The molecule has 10 nitrogen and oxygen atoms in total. The van der Waals surface area contributed by atoms with Crippen molar-refractivity contribution < 1.29 is 22.4 Å². The second-order valence-electron chi connectivity index (χ2n) is 9.29. The largest absolute Gasteiger partial charge is 0.493 e. The Labute approximate surface area is 247 Å². The van der Waals surface area contributed by atoms with Crippen molar-refractivity contribution in [2.24, 2.45) is 4.99 Å². The van der Waals surface area contributed by atoms with Crippen LogP contribution in [0.3, 0.4) is 0 Å². The number of sulfonamides is 1. The zero-order chi connectivity index (χ0) is 28.0. The molecule has 14 heteroatoms. The Kier molecular flexibility index (Phi) is 10.2. The van der Waals surface area contributed by atoms with Crippen molar-refractivity contribution in [2.75, 3.05) is 68.5 Å². The fraction of sp³-hybridized carbons (Fsp3) is 0.462. The minimum absolute atomic E-state index is 0.0198. The van der Waals surface area contributed by atoms with Crippen molar-refractivity contribution in [3.63, 3.8) is 0 Å². The van der Waals surface area contributed by atoms with Crippen molar-refractivity contribution in [3.05, 3.63) is 48.3 Å². The van der Waals surface area contributed by atoms with Crippen LogP contribution in [0.1, 0.15) is 12.1 Å². The highest BCUT2D eigenvalue weighted by atomic mass is 32.2. The van der Waals surface area contributed by atoms with Crippen LogP contribution in [0.2, 0.25) is 0 Å². The van der Waals surface area contributed by atoms with Gasteiger partial charge in [-0.05, 0) is 30.7 Å². The summed E-state index contributed by atoms with van der Waals surface area (Å²) >= 11 is 5.01. The van der Waals surface area contributed by atoms with Crippen LogP contribution in [-0.2, 0) is 19.2 Å². The van der Waals surface area contributed by atoms with Gasteiger partial charge >= 0.3 is 0 Å². The summed E-state index contributed by atoms with van der Waals surface area (Å²) in [5.41, 5.74) is 2.06. The summed E-state index contributed by atoms with van der Waals surface area (Å²) in [6.07, 6.45) is 2.20. The number of benzene rings is 1. The molecule has 5 rings (SSSR count). The van der Waals surface area contributed by atoms with Crippen LogP contribution in [0.5, 0.6) is 5.75 Å². The topological polar surface area (TPSA) is 109 Å². The molecule has 0 bridgehead atoms. The van der Waals surface area contributed by atoms with Gasteiger partial charge in [0.15, 0.2) is 5.03 Å². The summed E-state index contributed by atoms with van der Waals surface area (Å²) in [5.74, 6) is 3.65. The number of aromatic amines is 1. The lowest BCUT2D eigenvalue weighted by Gasteiger charge is -2.28. The Bertz CT molecular complexity index is 1410. The predicted octanol–water partition coefficient (Wildman–Crippen LogP) is 4.29. The maximum Gasteiger partial charge on any atom is 0.281 e. The molecule has 216 valence electrons. The Balaban J connectivity index is 1.39. The third-order valence-electron chi connectivity index (χ3n) is 6.55. The average Bonchev–Trinajstić information content (AvgIpc) is 3.62. The molecule has 3 aromatic rings. The number of fused-ring (bicyclic) bond motifs is 1. The molecule has 0 saturated carbocycles. The molecule has 1 N–H and O–H groups in total. The zero-order valence-corrected chi connectivity index (χ0v) is 25.7. The summed E-state index contributed by atoms with van der Waals surface area (Å²) in [6.45, 7) is 4.51. The van der Waals surface area contributed by atoms with Crippen molar-refractivity contribution in [2.45, 2.75) is 16.7 Å². The molecule has 1 unspecified atom stereocenters. The lowest BCUT2D eigenvalue weighted by molar-refractivity contribution is -0.160. The number of H-pyrrole nitrogens is 1. The van der Waals surface area contributed by atoms with Gasteiger partial charge in [0, 0.05) is 78.9 Å². The van der Waals surface area contributed by atoms with E-state index in [4.69, 9.17) is 14.1 Å². The molecule has 0 radical (unpaired) electrons. The minimum Gasteiger partial charge on any atom is -0.493 e. The van der Waals surface area contributed by atoms with Crippen LogP contribution < -0.4 is 9.04 Å². The summed E-state index contributed by atoms with van der Waals surface area (Å²) < 4.78 is 39.1. The van der Waals surface area contributed by atoms with Crippen LogP contribution >= 0.6 is 35.6 Å². The van der Waals surface area contributed by atoms with Gasteiger partial charge in [-0.1, -0.05) is 17.8 Å². The molecule has 1 saturated heterocycles. The zero-order valence-electron chi connectivity index (χ0n) is 22.4. The first-order valence-electron chi connectivity index (χ1n) is 13.0. The number of rotatable bonds is 13. The van der Waals surface area contributed by atoms with Crippen LogP contribution in [-0.4, -0.2) is 97.8 Å². The fourth-order valence-corrected chi connectivity index (χ4v) is 8.18. The number of pyridine rings is 1. The molecule has 1 atom stereocenters. The second-order valence-corrected chi connectivity index (χ2v) is 14.5. The smallest absolute Gasteiger partial charge is 0.281 e. The molecule has 2 aliphatic heterocycles. The average molecular weight is 624 g/mol. The molecule has 2 aliphatic rings. The Hall–Kier alpha value is -1.94. The standard InChI is InChI=1S/C26H33N5O5S4/c1-30(40(32,33)24-6-3-4-7-27-24)23-16-20(35-10-5-11-38-36-34-2)14-19-15-22(29-25(19)23)26-28-17-21(39-26)18-31-8-12-37-13-9-31/h3-4,6-7,14-16,21,29H,5,8-13,17-18H2,1-2H3. The Morgan fingerprint density at radius 1 is 1.23 bits per heavy atom. The number of thioether (sulfide) groups is 2. The molecule has 1 fully saturated rings. The van der Waals surface area contributed by atoms with E-state index in [-0.39, 0.29) is 5.03 Å². The van der Waals surface area contributed by atoms with Crippen LogP contribution in [0.25, 0.3) is 10.9 Å². The van der Waals surface area contributed by atoms with Crippen LogP contribution in [0, 0.1) is 0 Å². The van der Waals surface area contributed by atoms with Gasteiger partial charge in [-0.2, -0.15) is 24.5 Å². The van der Waals surface area contributed by atoms with Gasteiger partial charge in [0.1, 0.15) is 10.8 Å². The molecular weight excluding hydrogens is 591 g/mol. The number of hydrogen-bond acceptors (Lipinski definition) is 11. The fourth-order valence-electron chi connectivity index (χ4n) is 4.54. The maximum absolute atomic E-state index is 13.5. The van der Waals surface area contributed by atoms with E-state index < -0.39 is 10.0 Å². The van der Waals surface area contributed by atoms with Gasteiger partial charge in [-0.3, -0.25) is 9.30 Å². The lowest BCUT2D eigenvalue weighted by Crippen LogP contribution is -2.37. The monoisotopic (exact) mass is 623 g/mol.